The van der Waals surface area contributed by atoms with E-state index in [4.69, 9.17) is 0 Å². The third-order valence-electron chi connectivity index (χ3n) is 3.41. The topological polar surface area (TPSA) is 107 Å². The van der Waals surface area contributed by atoms with Gasteiger partial charge in [-0.25, -0.2) is 0 Å². The summed E-state index contributed by atoms with van der Waals surface area (Å²) in [7, 11) is 0. The van der Waals surface area contributed by atoms with E-state index in [2.05, 4.69) is 36.5 Å². The number of anilines is 1. The minimum absolute atomic E-state index is 0.161. The Morgan fingerprint density at radius 2 is 1.88 bits per heavy atom. The van der Waals surface area contributed by atoms with Gasteiger partial charge in [0.1, 0.15) is 0 Å². The fraction of sp³-hybridized carbons (Fsp3) is 0.0588. The van der Waals surface area contributed by atoms with Gasteiger partial charge in [-0.2, -0.15) is 0 Å². The van der Waals surface area contributed by atoms with Gasteiger partial charge in [-0.1, -0.05) is 15.9 Å². The molecule has 7 nitrogen and oxygen atoms in total. The zero-order valence-electron chi connectivity index (χ0n) is 13.1. The van der Waals surface area contributed by atoms with Gasteiger partial charge < -0.3 is 15.4 Å². The van der Waals surface area contributed by atoms with Crippen molar-refractivity contribution in [2.75, 3.05) is 5.32 Å². The monoisotopic (exact) mass is 400 g/mol. The molecule has 0 aliphatic rings. The van der Waals surface area contributed by atoms with Crippen LogP contribution in [0.25, 0.3) is 10.9 Å². The maximum Gasteiger partial charge on any atom is 0.295 e. The van der Waals surface area contributed by atoms with Crippen molar-refractivity contribution < 1.29 is 14.7 Å². The largest absolute Gasteiger partial charge is 0.493 e. The van der Waals surface area contributed by atoms with Gasteiger partial charge in [-0.15, -0.1) is 10.2 Å². The molecule has 8 heteroatoms. The number of hydrogen-bond donors (Lipinski definition) is 3. The number of aromatic hydroxyl groups is 1. The molecule has 0 spiro atoms. The van der Waals surface area contributed by atoms with Crippen molar-refractivity contribution in [3.05, 3.63) is 52.5 Å². The van der Waals surface area contributed by atoms with Crippen LogP contribution in [0, 0.1) is 0 Å². The van der Waals surface area contributed by atoms with E-state index >= 15 is 0 Å². The van der Waals surface area contributed by atoms with Crippen molar-refractivity contribution in [1.82, 2.24) is 4.98 Å². The average Bonchev–Trinajstić information content (AvgIpc) is 2.87. The lowest BCUT2D eigenvalue weighted by molar-refractivity contribution is -0.114. The van der Waals surface area contributed by atoms with Gasteiger partial charge >= 0.3 is 0 Å². The number of carbonyl (C=O) groups is 2. The van der Waals surface area contributed by atoms with Crippen LogP contribution < -0.4 is 5.32 Å². The molecule has 126 valence electrons. The summed E-state index contributed by atoms with van der Waals surface area (Å²) >= 11 is 3.35. The van der Waals surface area contributed by atoms with Crippen molar-refractivity contribution in [3.8, 4) is 5.88 Å². The number of fused-ring (bicyclic) bond motifs is 1. The maximum atomic E-state index is 12.1. The molecule has 1 aromatic heterocycles. The van der Waals surface area contributed by atoms with E-state index in [1.54, 1.807) is 24.3 Å². The zero-order chi connectivity index (χ0) is 18.0. The molecule has 1 heterocycles. The zero-order valence-corrected chi connectivity index (χ0v) is 14.7. The summed E-state index contributed by atoms with van der Waals surface area (Å²) in [6.07, 6.45) is 0. The Morgan fingerprint density at radius 1 is 1.16 bits per heavy atom. The Balaban J connectivity index is 1.84. The molecule has 3 aromatic rings. The van der Waals surface area contributed by atoms with Gasteiger partial charge in [0.15, 0.2) is 5.69 Å². The SMILES string of the molecule is CC(=O)Nc1ccc(C(=O)N=Nc2c(O)[nH]c3ccc(Br)cc23)cc1. The summed E-state index contributed by atoms with van der Waals surface area (Å²) in [4.78, 5) is 25.9. The second-order valence-electron chi connectivity index (χ2n) is 5.28. The number of rotatable bonds is 3. The van der Waals surface area contributed by atoms with Gasteiger partial charge in [-0.05, 0) is 42.5 Å². The summed E-state index contributed by atoms with van der Waals surface area (Å²) in [5.41, 5.74) is 1.78. The molecule has 0 bridgehead atoms. The minimum Gasteiger partial charge on any atom is -0.493 e. The van der Waals surface area contributed by atoms with E-state index in [1.165, 1.54) is 19.1 Å². The van der Waals surface area contributed by atoms with E-state index < -0.39 is 5.91 Å². The second kappa shape index (κ2) is 6.86. The summed E-state index contributed by atoms with van der Waals surface area (Å²) in [5, 5.41) is 20.8. The van der Waals surface area contributed by atoms with Gasteiger partial charge in [0.2, 0.25) is 11.8 Å². The standard InChI is InChI=1S/C17H13BrN4O3/c1-9(23)19-12-5-2-10(3-6-12)16(24)22-21-15-13-8-11(18)4-7-14(13)20-17(15)25/h2-8,20,25H,1H3,(H,19,23). The molecule has 2 amide bonds. The molecular formula is C17H13BrN4O3. The Kier molecular flexibility index (Phi) is 4.62. The fourth-order valence-electron chi connectivity index (χ4n) is 2.29. The van der Waals surface area contributed by atoms with E-state index in [1.807, 2.05) is 6.07 Å². The molecular weight excluding hydrogens is 388 g/mol. The third kappa shape index (κ3) is 3.74. The minimum atomic E-state index is -0.557. The lowest BCUT2D eigenvalue weighted by Gasteiger charge is -2.01. The van der Waals surface area contributed by atoms with Crippen LogP contribution in [0.2, 0.25) is 0 Å². The molecule has 0 atom stereocenters. The molecule has 3 rings (SSSR count). The average molecular weight is 401 g/mol. The number of halogens is 1. The highest BCUT2D eigenvalue weighted by molar-refractivity contribution is 9.10. The molecule has 0 aliphatic heterocycles. The molecule has 0 radical (unpaired) electrons. The Bertz CT molecular complexity index is 993. The van der Waals surface area contributed by atoms with E-state index in [0.29, 0.717) is 22.2 Å². The lowest BCUT2D eigenvalue weighted by atomic mass is 10.2. The van der Waals surface area contributed by atoms with Gasteiger partial charge in [-0.3, -0.25) is 9.59 Å². The number of aromatic nitrogens is 1. The number of benzene rings is 2. The van der Waals surface area contributed by atoms with Crippen LogP contribution in [0.5, 0.6) is 5.88 Å². The number of azo groups is 1. The number of carbonyl (C=O) groups excluding carboxylic acids is 2. The van der Waals surface area contributed by atoms with Crippen LogP contribution in [0.1, 0.15) is 17.3 Å². The molecule has 3 N–H and O–H groups in total. The van der Waals surface area contributed by atoms with Crippen molar-refractivity contribution in [1.29, 1.82) is 0 Å². The first-order valence-corrected chi connectivity index (χ1v) is 8.07. The van der Waals surface area contributed by atoms with Crippen LogP contribution in [-0.2, 0) is 4.79 Å². The van der Waals surface area contributed by atoms with Gasteiger partial charge in [0.05, 0.1) is 5.52 Å². The maximum absolute atomic E-state index is 12.1. The number of hydrogen-bond acceptors (Lipinski definition) is 4. The van der Waals surface area contributed by atoms with Gasteiger partial charge in [0, 0.05) is 28.0 Å². The lowest BCUT2D eigenvalue weighted by Crippen LogP contribution is -2.05. The van der Waals surface area contributed by atoms with Crippen LogP contribution in [0.15, 0.2) is 57.2 Å². The molecule has 2 aromatic carbocycles. The van der Waals surface area contributed by atoms with E-state index in [9.17, 15) is 14.7 Å². The number of H-pyrrole nitrogens is 1. The van der Waals surface area contributed by atoms with Crippen molar-refractivity contribution in [2.45, 2.75) is 6.92 Å². The van der Waals surface area contributed by atoms with Crippen LogP contribution in [0.3, 0.4) is 0 Å². The molecule has 25 heavy (non-hydrogen) atoms. The highest BCUT2D eigenvalue weighted by atomic mass is 79.9. The van der Waals surface area contributed by atoms with Crippen molar-refractivity contribution in [3.63, 3.8) is 0 Å². The summed E-state index contributed by atoms with van der Waals surface area (Å²) in [6, 6.07) is 11.7. The molecule has 0 saturated heterocycles. The summed E-state index contributed by atoms with van der Waals surface area (Å²) in [6.45, 7) is 1.40. The number of aromatic amines is 1. The van der Waals surface area contributed by atoms with Gasteiger partial charge in [0.25, 0.3) is 5.91 Å². The Labute approximate surface area is 150 Å². The second-order valence-corrected chi connectivity index (χ2v) is 6.19. The highest BCUT2D eigenvalue weighted by Crippen LogP contribution is 2.36. The van der Waals surface area contributed by atoms with Crippen LogP contribution in [-0.4, -0.2) is 21.9 Å². The predicted molar refractivity (Wildman–Crippen MR) is 97.3 cm³/mol. The van der Waals surface area contributed by atoms with E-state index in [-0.39, 0.29) is 17.5 Å². The number of amides is 2. The van der Waals surface area contributed by atoms with E-state index in [0.717, 1.165) is 4.47 Å². The molecule has 0 saturated carbocycles. The Hall–Kier alpha value is -3.00. The quantitative estimate of drug-likeness (QED) is 0.562. The number of nitrogens with zero attached hydrogens (tertiary/aromatic N) is 2. The Morgan fingerprint density at radius 3 is 2.56 bits per heavy atom. The van der Waals surface area contributed by atoms with Crippen LogP contribution >= 0.6 is 15.9 Å². The predicted octanol–water partition coefficient (Wildman–Crippen LogP) is 4.52. The first kappa shape index (κ1) is 16.8. The van der Waals surface area contributed by atoms with Crippen molar-refractivity contribution in [2.24, 2.45) is 10.2 Å². The fourth-order valence-corrected chi connectivity index (χ4v) is 2.65. The van der Waals surface area contributed by atoms with Crippen LogP contribution in [0.4, 0.5) is 11.4 Å². The first-order valence-electron chi connectivity index (χ1n) is 7.28. The van der Waals surface area contributed by atoms with Crippen molar-refractivity contribution >= 4 is 50.0 Å². The molecule has 0 aliphatic carbocycles. The highest BCUT2D eigenvalue weighted by Gasteiger charge is 2.12. The summed E-state index contributed by atoms with van der Waals surface area (Å²) < 4.78 is 0.815. The molecule has 0 unspecified atom stereocenters. The third-order valence-corrected chi connectivity index (χ3v) is 3.90. The smallest absolute Gasteiger partial charge is 0.295 e. The molecule has 0 fully saturated rings. The summed E-state index contributed by atoms with van der Waals surface area (Å²) in [5.74, 6) is -0.913. The normalized spacial score (nSPS) is 11.1. The first-order chi connectivity index (χ1) is 11.9. The number of nitrogens with one attached hydrogen (secondary N) is 2.